The van der Waals surface area contributed by atoms with Gasteiger partial charge in [0.25, 0.3) is 0 Å². The number of anilines is 2. The van der Waals surface area contributed by atoms with Crippen molar-refractivity contribution in [3.05, 3.63) is 24.3 Å². The van der Waals surface area contributed by atoms with Gasteiger partial charge in [0.15, 0.2) is 0 Å². The van der Waals surface area contributed by atoms with Crippen molar-refractivity contribution in [3.8, 4) is 0 Å². The molecule has 1 amide bonds. The maximum absolute atomic E-state index is 12.0. The van der Waals surface area contributed by atoms with Crippen molar-refractivity contribution in [3.63, 3.8) is 0 Å². The average molecular weight is 315 g/mol. The summed E-state index contributed by atoms with van der Waals surface area (Å²) >= 11 is 0. The quantitative estimate of drug-likeness (QED) is 0.907. The number of hydrogen-bond donors (Lipinski definition) is 1. The largest absolute Gasteiger partial charge is 0.372 e. The summed E-state index contributed by atoms with van der Waals surface area (Å²) in [5.41, 5.74) is 2.19. The Kier molecular flexibility index (Phi) is 4.90. The van der Waals surface area contributed by atoms with E-state index >= 15 is 0 Å². The lowest BCUT2D eigenvalue weighted by atomic mass is 9.96. The number of nitrogens with one attached hydrogen (secondary N) is 1. The predicted octanol–water partition coefficient (Wildman–Crippen LogP) is 3.06. The first kappa shape index (κ1) is 16.3. The smallest absolute Gasteiger partial charge is 0.227 e. The molecular weight excluding hydrogens is 286 g/mol. The summed E-state index contributed by atoms with van der Waals surface area (Å²) in [6.45, 7) is 5.58. The van der Waals surface area contributed by atoms with Crippen LogP contribution in [-0.2, 0) is 4.79 Å². The molecule has 2 fully saturated rings. The van der Waals surface area contributed by atoms with E-state index < -0.39 is 0 Å². The van der Waals surface area contributed by atoms with Gasteiger partial charge in [-0.05, 0) is 69.5 Å². The zero-order chi connectivity index (χ0) is 16.4. The zero-order valence-electron chi connectivity index (χ0n) is 14.6. The highest BCUT2D eigenvalue weighted by Gasteiger charge is 2.39. The Balaban J connectivity index is 1.51. The highest BCUT2D eigenvalue weighted by molar-refractivity contribution is 5.94. The van der Waals surface area contributed by atoms with Crippen molar-refractivity contribution in [1.29, 1.82) is 0 Å². The second-order valence-corrected chi connectivity index (χ2v) is 7.55. The SMILES string of the molecule is C[C@H]1C[C@H]1C(=O)Nc1ccc(N2CCC(CN(C)C)CC2)cc1. The maximum Gasteiger partial charge on any atom is 0.227 e. The highest BCUT2D eigenvalue weighted by Crippen LogP contribution is 2.38. The molecule has 4 nitrogen and oxygen atoms in total. The van der Waals surface area contributed by atoms with E-state index in [9.17, 15) is 4.79 Å². The summed E-state index contributed by atoms with van der Waals surface area (Å²) in [5, 5.41) is 3.03. The Bertz CT molecular complexity index is 532. The summed E-state index contributed by atoms with van der Waals surface area (Å²) in [7, 11) is 4.31. The molecule has 2 aliphatic rings. The normalized spacial score (nSPS) is 24.8. The first-order chi connectivity index (χ1) is 11.0. The van der Waals surface area contributed by atoms with Gasteiger partial charge in [-0.25, -0.2) is 0 Å². The molecule has 1 saturated heterocycles. The average Bonchev–Trinajstić information content (AvgIpc) is 3.25. The molecule has 0 aromatic heterocycles. The molecule has 0 spiro atoms. The molecule has 4 heteroatoms. The predicted molar refractivity (Wildman–Crippen MR) is 95.8 cm³/mol. The molecule has 0 bridgehead atoms. The third-order valence-corrected chi connectivity index (χ3v) is 5.18. The Labute approximate surface area is 139 Å². The van der Waals surface area contributed by atoms with Gasteiger partial charge in [-0.1, -0.05) is 6.92 Å². The minimum Gasteiger partial charge on any atom is -0.372 e. The Morgan fingerprint density at radius 1 is 1.22 bits per heavy atom. The van der Waals surface area contributed by atoms with Gasteiger partial charge in [0.1, 0.15) is 0 Å². The lowest BCUT2D eigenvalue weighted by Gasteiger charge is -2.34. The van der Waals surface area contributed by atoms with Gasteiger partial charge in [-0.2, -0.15) is 0 Å². The number of carbonyl (C=O) groups excluding carboxylic acids is 1. The molecule has 1 N–H and O–H groups in total. The molecule has 3 rings (SSSR count). The zero-order valence-corrected chi connectivity index (χ0v) is 14.6. The van der Waals surface area contributed by atoms with Crippen LogP contribution >= 0.6 is 0 Å². The topological polar surface area (TPSA) is 35.6 Å². The maximum atomic E-state index is 12.0. The van der Waals surface area contributed by atoms with Crippen LogP contribution in [0.25, 0.3) is 0 Å². The first-order valence-electron chi connectivity index (χ1n) is 8.83. The van der Waals surface area contributed by atoms with Gasteiger partial charge in [0.2, 0.25) is 5.91 Å². The minimum absolute atomic E-state index is 0.176. The Hall–Kier alpha value is -1.55. The standard InChI is InChI=1S/C19H29N3O/c1-14-12-18(14)19(23)20-16-4-6-17(7-5-16)22-10-8-15(9-11-22)13-21(2)3/h4-7,14-15,18H,8-13H2,1-3H3,(H,20,23)/t14-,18+/m0/s1. The van der Waals surface area contributed by atoms with Crippen molar-refractivity contribution in [2.75, 3.05) is 43.9 Å². The van der Waals surface area contributed by atoms with Gasteiger partial charge in [-0.3, -0.25) is 4.79 Å². The number of rotatable bonds is 5. The van der Waals surface area contributed by atoms with Gasteiger partial charge >= 0.3 is 0 Å². The fourth-order valence-electron chi connectivity index (χ4n) is 3.57. The minimum atomic E-state index is 0.176. The van der Waals surface area contributed by atoms with E-state index in [1.54, 1.807) is 0 Å². The van der Waals surface area contributed by atoms with Crippen molar-refractivity contribution in [2.24, 2.45) is 17.8 Å². The van der Waals surface area contributed by atoms with E-state index in [2.05, 4.69) is 48.3 Å². The van der Waals surface area contributed by atoms with E-state index in [0.29, 0.717) is 5.92 Å². The third-order valence-electron chi connectivity index (χ3n) is 5.18. The summed E-state index contributed by atoms with van der Waals surface area (Å²) in [6, 6.07) is 8.34. The van der Waals surface area contributed by atoms with Gasteiger partial charge in [-0.15, -0.1) is 0 Å². The Morgan fingerprint density at radius 2 is 1.83 bits per heavy atom. The van der Waals surface area contributed by atoms with Crippen molar-refractivity contribution < 1.29 is 4.79 Å². The fraction of sp³-hybridized carbons (Fsp3) is 0.632. The Morgan fingerprint density at radius 3 is 2.35 bits per heavy atom. The number of nitrogens with zero attached hydrogens (tertiary/aromatic N) is 2. The van der Waals surface area contributed by atoms with Crippen LogP contribution in [0.5, 0.6) is 0 Å². The van der Waals surface area contributed by atoms with E-state index in [1.165, 1.54) is 25.1 Å². The number of piperidine rings is 1. The van der Waals surface area contributed by atoms with Gasteiger partial charge in [0, 0.05) is 36.9 Å². The molecule has 1 aliphatic heterocycles. The van der Waals surface area contributed by atoms with Crippen molar-refractivity contribution in [1.82, 2.24) is 4.90 Å². The summed E-state index contributed by atoms with van der Waals surface area (Å²) in [5.74, 6) is 1.78. The fourth-order valence-corrected chi connectivity index (χ4v) is 3.57. The van der Waals surface area contributed by atoms with E-state index in [4.69, 9.17) is 0 Å². The van der Waals surface area contributed by atoms with Crippen LogP contribution in [0.15, 0.2) is 24.3 Å². The first-order valence-corrected chi connectivity index (χ1v) is 8.83. The van der Waals surface area contributed by atoms with Crippen LogP contribution in [0, 0.1) is 17.8 Å². The van der Waals surface area contributed by atoms with E-state index in [0.717, 1.165) is 31.1 Å². The second-order valence-electron chi connectivity index (χ2n) is 7.55. The molecule has 2 atom stereocenters. The second kappa shape index (κ2) is 6.91. The van der Waals surface area contributed by atoms with Crippen molar-refractivity contribution in [2.45, 2.75) is 26.2 Å². The number of amides is 1. The molecule has 0 radical (unpaired) electrons. The highest BCUT2D eigenvalue weighted by atomic mass is 16.2. The van der Waals surface area contributed by atoms with Crippen LogP contribution < -0.4 is 10.2 Å². The molecular formula is C19H29N3O. The summed E-state index contributed by atoms with van der Waals surface area (Å²) in [4.78, 5) is 16.7. The van der Waals surface area contributed by atoms with Crippen LogP contribution in [0.3, 0.4) is 0 Å². The van der Waals surface area contributed by atoms with Crippen LogP contribution in [0.4, 0.5) is 11.4 Å². The third kappa shape index (κ3) is 4.25. The number of benzene rings is 1. The molecule has 0 unspecified atom stereocenters. The monoisotopic (exact) mass is 315 g/mol. The molecule has 126 valence electrons. The number of carbonyl (C=O) groups is 1. The lowest BCUT2D eigenvalue weighted by molar-refractivity contribution is -0.117. The lowest BCUT2D eigenvalue weighted by Crippen LogP contribution is -2.37. The van der Waals surface area contributed by atoms with E-state index in [-0.39, 0.29) is 11.8 Å². The number of hydrogen-bond acceptors (Lipinski definition) is 3. The molecule has 23 heavy (non-hydrogen) atoms. The van der Waals surface area contributed by atoms with Gasteiger partial charge in [0.05, 0.1) is 0 Å². The molecule has 1 aromatic rings. The molecule has 1 aromatic carbocycles. The molecule has 1 saturated carbocycles. The molecule has 1 heterocycles. The summed E-state index contributed by atoms with van der Waals surface area (Å²) in [6.07, 6.45) is 3.55. The van der Waals surface area contributed by atoms with E-state index in [1.807, 2.05) is 12.1 Å². The van der Waals surface area contributed by atoms with Crippen molar-refractivity contribution >= 4 is 17.3 Å². The van der Waals surface area contributed by atoms with Gasteiger partial charge < -0.3 is 15.1 Å². The van der Waals surface area contributed by atoms with Crippen LogP contribution in [0.1, 0.15) is 26.2 Å². The summed E-state index contributed by atoms with van der Waals surface area (Å²) < 4.78 is 0. The van der Waals surface area contributed by atoms with Crippen LogP contribution in [-0.4, -0.2) is 44.5 Å². The van der Waals surface area contributed by atoms with Crippen LogP contribution in [0.2, 0.25) is 0 Å². The molecule has 1 aliphatic carbocycles.